The molecule has 0 saturated heterocycles. The number of Topliss-reactive ketones (excluding diaryl/α,β-unsaturated/α-hetero) is 1. The van der Waals surface area contributed by atoms with E-state index in [0.717, 1.165) is 0 Å². The van der Waals surface area contributed by atoms with Gasteiger partial charge >= 0.3 is 0 Å². The van der Waals surface area contributed by atoms with E-state index in [1.807, 2.05) is 6.92 Å². The summed E-state index contributed by atoms with van der Waals surface area (Å²) in [5.41, 5.74) is 0.318. The van der Waals surface area contributed by atoms with Crippen molar-refractivity contribution in [2.75, 3.05) is 6.61 Å². The molecule has 0 bridgehead atoms. The number of hydrogen-bond donors (Lipinski definition) is 0. The number of ketones is 1. The Morgan fingerprint density at radius 2 is 2.20 bits per heavy atom. The van der Waals surface area contributed by atoms with Crippen molar-refractivity contribution in [3.63, 3.8) is 0 Å². The molecule has 0 amide bonds. The first-order chi connectivity index (χ1) is 7.06. The fourth-order valence-corrected chi connectivity index (χ4v) is 1.78. The molecule has 0 saturated carbocycles. The highest BCUT2D eigenvalue weighted by atomic mass is 79.9. The molecule has 0 heterocycles. The van der Waals surface area contributed by atoms with Crippen LogP contribution >= 0.6 is 15.9 Å². The van der Waals surface area contributed by atoms with Gasteiger partial charge < -0.3 is 4.74 Å². The van der Waals surface area contributed by atoms with Gasteiger partial charge in [-0.05, 0) is 41.9 Å². The number of benzene rings is 1. The Morgan fingerprint density at radius 1 is 1.53 bits per heavy atom. The van der Waals surface area contributed by atoms with Crippen LogP contribution in [-0.4, -0.2) is 12.4 Å². The van der Waals surface area contributed by atoms with Crippen molar-refractivity contribution in [2.45, 2.75) is 20.3 Å². The summed E-state index contributed by atoms with van der Waals surface area (Å²) in [6, 6.07) is 2.90. The van der Waals surface area contributed by atoms with Crippen LogP contribution in [0.1, 0.15) is 19.4 Å². The Labute approximate surface area is 96.6 Å². The van der Waals surface area contributed by atoms with Crippen molar-refractivity contribution in [1.29, 1.82) is 0 Å². The first-order valence-corrected chi connectivity index (χ1v) is 5.44. The Hall–Kier alpha value is -0.900. The molecule has 0 N–H and O–H groups in total. The van der Waals surface area contributed by atoms with E-state index in [1.54, 1.807) is 6.07 Å². The molecule has 4 heteroatoms. The van der Waals surface area contributed by atoms with Crippen LogP contribution in [-0.2, 0) is 11.2 Å². The molecule has 0 spiro atoms. The quantitative estimate of drug-likeness (QED) is 0.843. The number of ether oxygens (including phenoxy) is 1. The third-order valence-corrected chi connectivity index (χ3v) is 2.49. The molecule has 0 radical (unpaired) electrons. The maximum atomic E-state index is 13.5. The van der Waals surface area contributed by atoms with Crippen molar-refractivity contribution in [2.24, 2.45) is 0 Å². The van der Waals surface area contributed by atoms with Gasteiger partial charge in [-0.3, -0.25) is 4.79 Å². The second-order valence-electron chi connectivity index (χ2n) is 3.15. The lowest BCUT2D eigenvalue weighted by atomic mass is 10.1. The molecule has 0 atom stereocenters. The molecule has 2 nitrogen and oxygen atoms in total. The summed E-state index contributed by atoms with van der Waals surface area (Å²) < 4.78 is 19.4. The third-order valence-electron chi connectivity index (χ3n) is 1.87. The van der Waals surface area contributed by atoms with Crippen molar-refractivity contribution in [3.05, 3.63) is 28.0 Å². The van der Waals surface area contributed by atoms with Crippen LogP contribution in [0.3, 0.4) is 0 Å². The Balaban J connectivity index is 3.18. The average molecular weight is 275 g/mol. The lowest BCUT2D eigenvalue weighted by molar-refractivity contribution is -0.116. The van der Waals surface area contributed by atoms with E-state index in [4.69, 9.17) is 4.74 Å². The Kier molecular flexibility index (Phi) is 4.27. The van der Waals surface area contributed by atoms with Gasteiger partial charge in [0, 0.05) is 12.0 Å². The molecule has 1 aromatic rings. The zero-order chi connectivity index (χ0) is 11.4. The number of rotatable bonds is 4. The molecule has 0 aliphatic heterocycles. The monoisotopic (exact) mass is 274 g/mol. The van der Waals surface area contributed by atoms with E-state index >= 15 is 0 Å². The molecule has 82 valence electrons. The fourth-order valence-electron chi connectivity index (χ4n) is 1.29. The second kappa shape index (κ2) is 5.26. The maximum Gasteiger partial charge on any atom is 0.140 e. The Bertz CT molecular complexity index is 377. The lowest BCUT2D eigenvalue weighted by Gasteiger charge is -2.11. The predicted octanol–water partition coefficient (Wildman–Crippen LogP) is 3.12. The van der Waals surface area contributed by atoms with Crippen LogP contribution in [0.15, 0.2) is 16.6 Å². The van der Waals surface area contributed by atoms with Crippen molar-refractivity contribution in [1.82, 2.24) is 0 Å². The number of hydrogen-bond acceptors (Lipinski definition) is 2. The number of carbonyl (C=O) groups excluding carboxylic acids is 1. The topological polar surface area (TPSA) is 26.3 Å². The molecule has 0 aliphatic carbocycles. The number of carbonyl (C=O) groups is 1. The van der Waals surface area contributed by atoms with Gasteiger partial charge in [0.15, 0.2) is 0 Å². The second-order valence-corrected chi connectivity index (χ2v) is 4.00. The Morgan fingerprint density at radius 3 is 2.73 bits per heavy atom. The van der Waals surface area contributed by atoms with Gasteiger partial charge in [0.25, 0.3) is 0 Å². The van der Waals surface area contributed by atoms with Crippen molar-refractivity contribution in [3.8, 4) is 5.75 Å². The van der Waals surface area contributed by atoms with Gasteiger partial charge in [-0.15, -0.1) is 0 Å². The average Bonchev–Trinajstić information content (AvgIpc) is 2.17. The van der Waals surface area contributed by atoms with Crippen molar-refractivity contribution < 1.29 is 13.9 Å². The standard InChI is InChI=1S/C11H12BrFO2/c1-3-15-11-8(6-7(2)14)10(13)5-4-9(11)12/h4-5H,3,6H2,1-2H3. The van der Waals surface area contributed by atoms with E-state index in [0.29, 0.717) is 22.4 Å². The summed E-state index contributed by atoms with van der Waals surface area (Å²) in [6.07, 6.45) is 0.0562. The lowest BCUT2D eigenvalue weighted by Crippen LogP contribution is -2.05. The van der Waals surface area contributed by atoms with E-state index in [1.165, 1.54) is 13.0 Å². The van der Waals surface area contributed by atoms with Crippen LogP contribution in [0.5, 0.6) is 5.75 Å². The van der Waals surface area contributed by atoms with Crippen LogP contribution in [0.2, 0.25) is 0 Å². The summed E-state index contributed by atoms with van der Waals surface area (Å²) >= 11 is 3.27. The number of halogens is 2. The zero-order valence-electron chi connectivity index (χ0n) is 8.64. The first-order valence-electron chi connectivity index (χ1n) is 4.65. The normalized spacial score (nSPS) is 10.1. The van der Waals surface area contributed by atoms with Crippen molar-refractivity contribution >= 4 is 21.7 Å². The molecule has 0 unspecified atom stereocenters. The summed E-state index contributed by atoms with van der Waals surface area (Å²) in [4.78, 5) is 11.0. The van der Waals surface area contributed by atoms with Gasteiger partial charge in [0.2, 0.25) is 0 Å². The molecule has 0 aliphatic rings. The first kappa shape index (κ1) is 12.2. The highest BCUT2D eigenvalue weighted by Gasteiger charge is 2.14. The van der Waals surface area contributed by atoms with Crippen LogP contribution in [0, 0.1) is 5.82 Å². The molecule has 1 aromatic carbocycles. The highest BCUT2D eigenvalue weighted by Crippen LogP contribution is 2.31. The van der Waals surface area contributed by atoms with Gasteiger partial charge in [-0.1, -0.05) is 0 Å². The van der Waals surface area contributed by atoms with E-state index in [9.17, 15) is 9.18 Å². The summed E-state index contributed by atoms with van der Waals surface area (Å²) in [5.74, 6) is -0.0718. The third kappa shape index (κ3) is 3.02. The smallest absolute Gasteiger partial charge is 0.140 e. The van der Waals surface area contributed by atoms with Crippen LogP contribution < -0.4 is 4.74 Å². The van der Waals surface area contributed by atoms with E-state index in [2.05, 4.69) is 15.9 Å². The minimum absolute atomic E-state index is 0.0562. The summed E-state index contributed by atoms with van der Waals surface area (Å²) in [6.45, 7) is 3.68. The van der Waals surface area contributed by atoms with Crippen LogP contribution in [0.25, 0.3) is 0 Å². The SMILES string of the molecule is CCOc1c(Br)ccc(F)c1CC(C)=O. The minimum Gasteiger partial charge on any atom is -0.492 e. The maximum absolute atomic E-state index is 13.5. The molecule has 1 rings (SSSR count). The molecular weight excluding hydrogens is 263 g/mol. The van der Waals surface area contributed by atoms with Crippen LogP contribution in [0.4, 0.5) is 4.39 Å². The van der Waals surface area contributed by atoms with E-state index in [-0.39, 0.29) is 12.2 Å². The van der Waals surface area contributed by atoms with E-state index < -0.39 is 5.82 Å². The minimum atomic E-state index is -0.406. The molecular formula is C11H12BrFO2. The van der Waals surface area contributed by atoms with Gasteiger partial charge in [-0.2, -0.15) is 0 Å². The van der Waals surface area contributed by atoms with Gasteiger partial charge in [0.05, 0.1) is 11.1 Å². The molecule has 0 aromatic heterocycles. The molecule has 0 fully saturated rings. The molecule has 15 heavy (non-hydrogen) atoms. The zero-order valence-corrected chi connectivity index (χ0v) is 10.2. The summed E-state index contributed by atoms with van der Waals surface area (Å²) in [5, 5.41) is 0. The predicted molar refractivity (Wildman–Crippen MR) is 59.7 cm³/mol. The largest absolute Gasteiger partial charge is 0.492 e. The van der Waals surface area contributed by atoms with Gasteiger partial charge in [0.1, 0.15) is 17.3 Å². The van der Waals surface area contributed by atoms with Gasteiger partial charge in [-0.25, -0.2) is 4.39 Å². The summed E-state index contributed by atoms with van der Waals surface area (Å²) in [7, 11) is 0. The fraction of sp³-hybridized carbons (Fsp3) is 0.364. The highest BCUT2D eigenvalue weighted by molar-refractivity contribution is 9.10.